The van der Waals surface area contributed by atoms with Crippen molar-refractivity contribution in [3.05, 3.63) is 12.2 Å². The second-order valence-corrected chi connectivity index (χ2v) is 14.0. The Morgan fingerprint density at radius 2 is 1.81 bits per heavy atom. The van der Waals surface area contributed by atoms with Gasteiger partial charge in [0.15, 0.2) is 5.90 Å². The van der Waals surface area contributed by atoms with E-state index in [9.17, 15) is 9.90 Å². The maximum absolute atomic E-state index is 13.8. The summed E-state index contributed by atoms with van der Waals surface area (Å²) in [7, 11) is 4.20. The van der Waals surface area contributed by atoms with Gasteiger partial charge in [-0.3, -0.25) is 9.79 Å². The zero-order chi connectivity index (χ0) is 27.2. The Morgan fingerprint density at radius 1 is 1.14 bits per heavy atom. The number of ketones is 1. The lowest BCUT2D eigenvalue weighted by atomic mass is 9.48. The Balaban J connectivity index is 1.63. The lowest BCUT2D eigenvalue weighted by molar-refractivity contribution is -0.147. The van der Waals surface area contributed by atoms with Gasteiger partial charge in [0.05, 0.1) is 18.8 Å². The van der Waals surface area contributed by atoms with Crippen LogP contribution in [0.3, 0.4) is 0 Å². The SMILES string of the molecule is CCC(CC)C1=N[C@H]2C/C=C/C[C@H]3C(=O)C[C@]4(C)[C@@H]([C@H](C)N(C)C)[C@H](O)C[C@@]4(C)[C@@H]3CCC[C@]2(C)CO1. The van der Waals surface area contributed by atoms with Gasteiger partial charge in [-0.25, -0.2) is 0 Å². The molecule has 9 atom stereocenters. The van der Waals surface area contributed by atoms with Gasteiger partial charge in [-0.2, -0.15) is 0 Å². The molecule has 0 saturated heterocycles. The molecule has 0 aromatic carbocycles. The van der Waals surface area contributed by atoms with Gasteiger partial charge in [0, 0.05) is 35.6 Å². The number of hydrogen-bond donors (Lipinski definition) is 1. The Hall–Kier alpha value is -1.20. The number of aliphatic imine (C=N–C) groups is 1. The lowest BCUT2D eigenvalue weighted by Crippen LogP contribution is -2.55. The molecule has 3 aliphatic carbocycles. The van der Waals surface area contributed by atoms with Gasteiger partial charge in [0.1, 0.15) is 5.78 Å². The van der Waals surface area contributed by atoms with Gasteiger partial charge in [-0.05, 0) is 82.7 Å². The first-order chi connectivity index (χ1) is 17.4. The van der Waals surface area contributed by atoms with Crippen molar-refractivity contribution in [1.29, 1.82) is 0 Å². The van der Waals surface area contributed by atoms with E-state index in [4.69, 9.17) is 9.73 Å². The van der Waals surface area contributed by atoms with E-state index in [0.717, 1.165) is 63.9 Å². The zero-order valence-electron chi connectivity index (χ0n) is 24.9. The Kier molecular flexibility index (Phi) is 8.37. The number of fused-ring (bicyclic) bond motifs is 4. The molecule has 0 amide bonds. The van der Waals surface area contributed by atoms with E-state index in [2.05, 4.69) is 72.7 Å². The van der Waals surface area contributed by atoms with Crippen LogP contribution < -0.4 is 0 Å². The predicted molar refractivity (Wildman–Crippen MR) is 152 cm³/mol. The van der Waals surface area contributed by atoms with Crippen LogP contribution in [0.1, 0.15) is 99.3 Å². The van der Waals surface area contributed by atoms with Crippen molar-refractivity contribution in [3.8, 4) is 0 Å². The van der Waals surface area contributed by atoms with Gasteiger partial charge in [-0.1, -0.05) is 53.2 Å². The number of nitrogens with zero attached hydrogens (tertiary/aromatic N) is 2. The second kappa shape index (κ2) is 10.8. The first kappa shape index (κ1) is 28.8. The molecule has 0 aromatic heterocycles. The van der Waals surface area contributed by atoms with E-state index in [1.54, 1.807) is 0 Å². The first-order valence-corrected chi connectivity index (χ1v) is 15.1. The van der Waals surface area contributed by atoms with Gasteiger partial charge >= 0.3 is 0 Å². The third-order valence-corrected chi connectivity index (χ3v) is 11.8. The van der Waals surface area contributed by atoms with Crippen molar-refractivity contribution >= 4 is 11.7 Å². The van der Waals surface area contributed by atoms with E-state index in [0.29, 0.717) is 24.0 Å². The third kappa shape index (κ3) is 4.86. The fourth-order valence-corrected chi connectivity index (χ4v) is 8.96. The molecule has 0 aromatic rings. The van der Waals surface area contributed by atoms with E-state index < -0.39 is 0 Å². The molecule has 5 nitrogen and oxygen atoms in total. The van der Waals surface area contributed by atoms with Crippen molar-refractivity contribution in [2.45, 2.75) is 118 Å². The highest BCUT2D eigenvalue weighted by molar-refractivity contribution is 5.84. The van der Waals surface area contributed by atoms with Crippen LogP contribution in [0, 0.1) is 39.9 Å². The standard InChI is InChI=1S/C32H54N2O3/c1-9-22(10-2)29-33-27-16-12-11-14-23-24(15-13-17-30(27,4)20-37-29)31(5)19-26(36)28(21(3)34(7)8)32(31,6)18-25(23)35/h11-12,21-24,26-28,36H,9-10,13-20H2,1-8H3/b12-11+/t21-,23+,24+,26+,27-,28-,30+,31-,32+/m0/s1. The quantitative estimate of drug-likeness (QED) is 0.438. The monoisotopic (exact) mass is 514 g/mol. The number of Topliss-reactive ketones (excluding diaryl/α,β-unsaturated/α-hetero) is 1. The largest absolute Gasteiger partial charge is 0.480 e. The lowest BCUT2D eigenvalue weighted by Gasteiger charge is -2.56. The van der Waals surface area contributed by atoms with Gasteiger partial charge in [0.25, 0.3) is 0 Å². The van der Waals surface area contributed by atoms with E-state index >= 15 is 0 Å². The molecular weight excluding hydrogens is 460 g/mol. The second-order valence-electron chi connectivity index (χ2n) is 14.0. The summed E-state index contributed by atoms with van der Waals surface area (Å²) in [6.07, 6.45) is 12.7. The van der Waals surface area contributed by atoms with Crippen LogP contribution in [0.15, 0.2) is 17.1 Å². The van der Waals surface area contributed by atoms with Crippen molar-refractivity contribution in [3.63, 3.8) is 0 Å². The van der Waals surface area contributed by atoms with E-state index in [-0.39, 0.29) is 46.3 Å². The molecular formula is C32H54N2O3. The molecule has 210 valence electrons. The number of aliphatic hydroxyl groups excluding tert-OH is 1. The highest BCUT2D eigenvalue weighted by Gasteiger charge is 2.67. The number of carbonyl (C=O) groups excluding carboxylic acids is 1. The van der Waals surface area contributed by atoms with Crippen LogP contribution in [-0.2, 0) is 9.53 Å². The van der Waals surface area contributed by atoms with Crippen LogP contribution in [0.25, 0.3) is 0 Å². The number of carbonyl (C=O) groups is 1. The molecule has 1 heterocycles. The summed E-state index contributed by atoms with van der Waals surface area (Å²) >= 11 is 0. The van der Waals surface area contributed by atoms with Gasteiger partial charge in [-0.15, -0.1) is 0 Å². The molecule has 0 unspecified atom stereocenters. The molecule has 1 N–H and O–H groups in total. The molecule has 5 heteroatoms. The fraction of sp³-hybridized carbons (Fsp3) is 0.875. The number of aliphatic hydroxyl groups is 1. The van der Waals surface area contributed by atoms with Crippen LogP contribution in [-0.4, -0.2) is 60.6 Å². The number of hydrogen-bond acceptors (Lipinski definition) is 5. The summed E-state index contributed by atoms with van der Waals surface area (Å²) in [4.78, 5) is 21.3. The Morgan fingerprint density at radius 3 is 2.46 bits per heavy atom. The van der Waals surface area contributed by atoms with Gasteiger partial charge < -0.3 is 14.7 Å². The van der Waals surface area contributed by atoms with E-state index in [1.165, 1.54) is 0 Å². The summed E-state index contributed by atoms with van der Waals surface area (Å²) in [5.74, 6) is 2.26. The third-order valence-electron chi connectivity index (χ3n) is 11.8. The number of ether oxygens (including phenoxy) is 1. The van der Waals surface area contributed by atoms with Crippen molar-refractivity contribution < 1.29 is 14.6 Å². The molecule has 4 aliphatic rings. The minimum absolute atomic E-state index is 0.0136. The summed E-state index contributed by atoms with van der Waals surface area (Å²) in [6.45, 7) is 14.5. The summed E-state index contributed by atoms with van der Waals surface area (Å²) in [5, 5.41) is 11.4. The zero-order valence-corrected chi connectivity index (χ0v) is 24.9. The maximum atomic E-state index is 13.8. The summed E-state index contributed by atoms with van der Waals surface area (Å²) < 4.78 is 6.33. The molecule has 2 saturated carbocycles. The Labute approximate surface area is 226 Å². The summed E-state index contributed by atoms with van der Waals surface area (Å²) in [5.41, 5.74) is -0.223. The molecule has 4 rings (SSSR count). The highest BCUT2D eigenvalue weighted by atomic mass is 16.5. The van der Waals surface area contributed by atoms with Crippen LogP contribution >= 0.6 is 0 Å². The first-order valence-electron chi connectivity index (χ1n) is 15.1. The molecule has 37 heavy (non-hydrogen) atoms. The highest BCUT2D eigenvalue weighted by Crippen LogP contribution is 2.68. The minimum atomic E-state index is -0.362. The number of allylic oxidation sites excluding steroid dienone is 1. The van der Waals surface area contributed by atoms with Crippen molar-refractivity contribution in [2.75, 3.05) is 20.7 Å². The molecule has 0 bridgehead atoms. The van der Waals surface area contributed by atoms with Crippen LogP contribution in [0.2, 0.25) is 0 Å². The maximum Gasteiger partial charge on any atom is 0.186 e. The molecule has 0 spiro atoms. The van der Waals surface area contributed by atoms with Crippen LogP contribution in [0.5, 0.6) is 0 Å². The Bertz CT molecular complexity index is 894. The van der Waals surface area contributed by atoms with Crippen molar-refractivity contribution in [2.24, 2.45) is 44.9 Å². The predicted octanol–water partition coefficient (Wildman–Crippen LogP) is 6.30. The topological polar surface area (TPSA) is 62.1 Å². The normalized spacial score (nSPS) is 44.2. The molecule has 2 fully saturated rings. The van der Waals surface area contributed by atoms with Crippen LogP contribution in [0.4, 0.5) is 0 Å². The fourth-order valence-electron chi connectivity index (χ4n) is 8.96. The molecule has 0 radical (unpaired) electrons. The van der Waals surface area contributed by atoms with Gasteiger partial charge in [0.2, 0.25) is 0 Å². The van der Waals surface area contributed by atoms with E-state index in [1.807, 2.05) is 0 Å². The average Bonchev–Trinajstić information content (AvgIpc) is 3.02. The minimum Gasteiger partial charge on any atom is -0.480 e. The molecule has 1 aliphatic heterocycles. The average molecular weight is 515 g/mol. The summed E-state index contributed by atoms with van der Waals surface area (Å²) in [6, 6.07) is 0.471. The van der Waals surface area contributed by atoms with Crippen molar-refractivity contribution in [1.82, 2.24) is 4.90 Å². The smallest absolute Gasteiger partial charge is 0.186 e. The number of rotatable bonds is 5.